The van der Waals surface area contributed by atoms with Gasteiger partial charge in [-0.2, -0.15) is 4.98 Å². The van der Waals surface area contributed by atoms with Gasteiger partial charge < -0.3 is 25.8 Å². The lowest BCUT2D eigenvalue weighted by Crippen LogP contribution is -2.31. The predicted octanol–water partition coefficient (Wildman–Crippen LogP) is 1.54. The van der Waals surface area contributed by atoms with Crippen LogP contribution in [0.5, 0.6) is 0 Å². The molecule has 0 radical (unpaired) electrons. The third-order valence-electron chi connectivity index (χ3n) is 4.73. The van der Waals surface area contributed by atoms with Crippen molar-refractivity contribution in [2.75, 3.05) is 30.5 Å². The van der Waals surface area contributed by atoms with Crippen molar-refractivity contribution in [2.45, 2.75) is 57.2 Å². The van der Waals surface area contributed by atoms with E-state index in [9.17, 15) is 4.79 Å². The van der Waals surface area contributed by atoms with Gasteiger partial charge in [0.25, 0.3) is 5.91 Å². The highest BCUT2D eigenvalue weighted by atomic mass is 16.5. The summed E-state index contributed by atoms with van der Waals surface area (Å²) in [6.45, 7) is 4.11. The molecule has 8 heteroatoms. The average molecular weight is 349 g/mol. The van der Waals surface area contributed by atoms with Gasteiger partial charge in [-0.3, -0.25) is 4.79 Å². The summed E-state index contributed by atoms with van der Waals surface area (Å²) in [5.41, 5.74) is 5.75. The maximum Gasteiger partial charge on any atom is 0.254 e. The van der Waals surface area contributed by atoms with Crippen molar-refractivity contribution >= 4 is 17.7 Å². The van der Waals surface area contributed by atoms with Gasteiger partial charge in [0, 0.05) is 25.5 Å². The van der Waals surface area contributed by atoms with Crippen LogP contribution in [0.4, 0.5) is 11.8 Å². The van der Waals surface area contributed by atoms with E-state index >= 15 is 0 Å². The number of hydrogen-bond acceptors (Lipinski definition) is 7. The molecule has 1 aliphatic heterocycles. The zero-order chi connectivity index (χ0) is 17.6. The zero-order valence-corrected chi connectivity index (χ0v) is 14.7. The summed E-state index contributed by atoms with van der Waals surface area (Å²) in [6.07, 6.45) is 6.84. The number of anilines is 2. The largest absolute Gasteiger partial charge is 0.379 e. The molecule has 0 spiro atoms. The summed E-state index contributed by atoms with van der Waals surface area (Å²) < 4.78 is 11.0. The first kappa shape index (κ1) is 17.9. The Bertz CT molecular complexity index is 584. The standard InChI is InChI=1S/C17H27N5O3/c1-2-25-13-5-3-11(4-6-13)21-17-19-9-14(15(18)23)16(22-17)20-12-7-8-24-10-12/h9,11-13H,2-8,10H2,1H3,(H2,18,23)(H2,19,20,21,22). The van der Waals surface area contributed by atoms with E-state index in [-0.39, 0.29) is 6.04 Å². The van der Waals surface area contributed by atoms with Crippen molar-refractivity contribution in [3.05, 3.63) is 11.8 Å². The van der Waals surface area contributed by atoms with E-state index in [0.29, 0.717) is 42.7 Å². The smallest absolute Gasteiger partial charge is 0.254 e. The third kappa shape index (κ3) is 4.79. The topological polar surface area (TPSA) is 111 Å². The Morgan fingerprint density at radius 2 is 2.08 bits per heavy atom. The number of carbonyl (C=O) groups excluding carboxylic acids is 1. The lowest BCUT2D eigenvalue weighted by molar-refractivity contribution is 0.0346. The second-order valence-corrected chi connectivity index (χ2v) is 6.60. The molecule has 2 fully saturated rings. The minimum absolute atomic E-state index is 0.141. The predicted molar refractivity (Wildman–Crippen MR) is 94.7 cm³/mol. The van der Waals surface area contributed by atoms with Crippen LogP contribution in [0.15, 0.2) is 6.20 Å². The van der Waals surface area contributed by atoms with Crippen LogP contribution >= 0.6 is 0 Å². The number of amides is 1. The molecule has 0 bridgehead atoms. The van der Waals surface area contributed by atoms with E-state index in [1.807, 2.05) is 6.92 Å². The Morgan fingerprint density at radius 1 is 1.28 bits per heavy atom. The zero-order valence-electron chi connectivity index (χ0n) is 14.7. The number of carbonyl (C=O) groups is 1. The van der Waals surface area contributed by atoms with E-state index in [2.05, 4.69) is 20.6 Å². The van der Waals surface area contributed by atoms with Gasteiger partial charge in [0.05, 0.1) is 24.3 Å². The fourth-order valence-electron chi connectivity index (χ4n) is 3.38. The second-order valence-electron chi connectivity index (χ2n) is 6.60. The summed E-state index contributed by atoms with van der Waals surface area (Å²) in [6, 6.07) is 0.460. The van der Waals surface area contributed by atoms with Crippen molar-refractivity contribution in [3.8, 4) is 0 Å². The van der Waals surface area contributed by atoms with E-state index in [1.54, 1.807) is 0 Å². The maximum atomic E-state index is 11.6. The number of aromatic nitrogens is 2. The summed E-state index contributed by atoms with van der Waals surface area (Å²) in [7, 11) is 0. The van der Waals surface area contributed by atoms with Crippen molar-refractivity contribution in [1.82, 2.24) is 9.97 Å². The Balaban J connectivity index is 1.64. The van der Waals surface area contributed by atoms with Crippen molar-refractivity contribution in [3.63, 3.8) is 0 Å². The van der Waals surface area contributed by atoms with Gasteiger partial charge in [0.2, 0.25) is 5.95 Å². The average Bonchev–Trinajstić information content (AvgIpc) is 3.10. The lowest BCUT2D eigenvalue weighted by atomic mass is 9.93. The van der Waals surface area contributed by atoms with Crippen molar-refractivity contribution in [1.29, 1.82) is 0 Å². The van der Waals surface area contributed by atoms with Gasteiger partial charge in [-0.1, -0.05) is 0 Å². The molecule has 0 aromatic carbocycles. The van der Waals surface area contributed by atoms with E-state index < -0.39 is 5.91 Å². The summed E-state index contributed by atoms with van der Waals surface area (Å²) in [4.78, 5) is 20.4. The monoisotopic (exact) mass is 349 g/mol. The van der Waals surface area contributed by atoms with Crippen LogP contribution in [0, 0.1) is 0 Å². The molecule has 8 nitrogen and oxygen atoms in total. The van der Waals surface area contributed by atoms with Gasteiger partial charge in [-0.05, 0) is 39.0 Å². The van der Waals surface area contributed by atoms with E-state index in [1.165, 1.54) is 6.20 Å². The van der Waals surface area contributed by atoms with Gasteiger partial charge in [0.15, 0.2) is 0 Å². The molecule has 1 aromatic rings. The van der Waals surface area contributed by atoms with Gasteiger partial charge in [0.1, 0.15) is 5.82 Å². The summed E-state index contributed by atoms with van der Waals surface area (Å²) in [5.74, 6) is 0.458. The van der Waals surface area contributed by atoms with Crippen LogP contribution in [0.1, 0.15) is 49.4 Å². The van der Waals surface area contributed by atoms with Gasteiger partial charge in [-0.15, -0.1) is 0 Å². The van der Waals surface area contributed by atoms with Crippen LogP contribution in [0.25, 0.3) is 0 Å². The van der Waals surface area contributed by atoms with E-state index in [4.69, 9.17) is 15.2 Å². The molecule has 2 heterocycles. The van der Waals surface area contributed by atoms with Crippen LogP contribution in [0.2, 0.25) is 0 Å². The Morgan fingerprint density at radius 3 is 2.72 bits per heavy atom. The SMILES string of the molecule is CCOC1CCC(Nc2ncc(C(N)=O)c(NC3CCOC3)n2)CC1. The number of hydrogen-bond donors (Lipinski definition) is 3. The quantitative estimate of drug-likeness (QED) is 0.684. The fraction of sp³-hybridized carbons (Fsp3) is 0.706. The molecule has 138 valence electrons. The van der Waals surface area contributed by atoms with Crippen LogP contribution < -0.4 is 16.4 Å². The minimum Gasteiger partial charge on any atom is -0.379 e. The summed E-state index contributed by atoms with van der Waals surface area (Å²) in [5, 5.41) is 6.63. The first-order chi connectivity index (χ1) is 12.2. The third-order valence-corrected chi connectivity index (χ3v) is 4.73. The molecule has 25 heavy (non-hydrogen) atoms. The van der Waals surface area contributed by atoms with Gasteiger partial charge in [-0.25, -0.2) is 4.98 Å². The summed E-state index contributed by atoms with van der Waals surface area (Å²) >= 11 is 0. The molecule has 1 atom stereocenters. The number of rotatable bonds is 7. The Hall–Kier alpha value is -1.93. The highest BCUT2D eigenvalue weighted by Gasteiger charge is 2.23. The Kier molecular flexibility index (Phi) is 6.04. The van der Waals surface area contributed by atoms with E-state index in [0.717, 1.165) is 38.7 Å². The molecule has 1 unspecified atom stereocenters. The molecule has 1 aliphatic carbocycles. The Labute approximate surface area is 147 Å². The van der Waals surface area contributed by atoms with Crippen LogP contribution in [0.3, 0.4) is 0 Å². The number of nitrogens with two attached hydrogens (primary N) is 1. The highest BCUT2D eigenvalue weighted by Crippen LogP contribution is 2.24. The molecule has 1 saturated carbocycles. The van der Waals surface area contributed by atoms with Crippen molar-refractivity contribution in [2.24, 2.45) is 5.73 Å². The molecule has 1 aromatic heterocycles. The lowest BCUT2D eigenvalue weighted by Gasteiger charge is -2.29. The first-order valence-corrected chi connectivity index (χ1v) is 9.05. The number of nitrogens with one attached hydrogen (secondary N) is 2. The number of primary amides is 1. The number of nitrogens with zero attached hydrogens (tertiary/aromatic N) is 2. The minimum atomic E-state index is -0.537. The molecule has 4 N–H and O–H groups in total. The molecular formula is C17H27N5O3. The molecule has 2 aliphatic rings. The maximum absolute atomic E-state index is 11.6. The molecule has 3 rings (SSSR count). The number of ether oxygens (including phenoxy) is 2. The van der Waals surface area contributed by atoms with Crippen LogP contribution in [-0.2, 0) is 9.47 Å². The molecular weight excluding hydrogens is 322 g/mol. The normalized spacial score (nSPS) is 26.4. The van der Waals surface area contributed by atoms with Gasteiger partial charge >= 0.3 is 0 Å². The molecule has 1 saturated heterocycles. The highest BCUT2D eigenvalue weighted by molar-refractivity contribution is 5.97. The molecule has 1 amide bonds. The van der Waals surface area contributed by atoms with Crippen LogP contribution in [-0.4, -0.2) is 53.9 Å². The first-order valence-electron chi connectivity index (χ1n) is 9.05. The van der Waals surface area contributed by atoms with Crippen molar-refractivity contribution < 1.29 is 14.3 Å². The second kappa shape index (κ2) is 8.44. The fourth-order valence-corrected chi connectivity index (χ4v) is 3.38.